The number of likely N-dealkylation sites (N-methyl/N-ethyl adjacent to an activating group) is 1. The monoisotopic (exact) mass is 762 g/mol. The van der Waals surface area contributed by atoms with Gasteiger partial charge in [0.1, 0.15) is 30.4 Å². The van der Waals surface area contributed by atoms with E-state index in [9.17, 15) is 47.0 Å². The number of nitrogens with zero attached hydrogens (tertiary/aromatic N) is 2. The number of aliphatic hydroxyl groups excluding tert-OH is 1. The van der Waals surface area contributed by atoms with E-state index in [4.69, 9.17) is 16.2 Å². The zero-order chi connectivity index (χ0) is 40.5. The fraction of sp³-hybridized carbons (Fsp3) is 0.806. The van der Waals surface area contributed by atoms with Crippen LogP contribution in [0.1, 0.15) is 112 Å². The number of amides is 5. The van der Waals surface area contributed by atoms with E-state index < -0.39 is 97.3 Å². The molecular formula is C36H61F3N6O8. The summed E-state index contributed by atoms with van der Waals surface area (Å²) in [7, 11) is 1.20. The quantitative estimate of drug-likeness (QED) is 0.0621. The standard InChI is InChI=1S/C36H61F3N6O8/c1-7-8-9-13-16-28(53-29(47)20-42-32(49)22(4)23(5)46)25(18-36(37,38)39)35(52)45(6)27(17-21(2)3)33(50)44-30(24-14-11-10-12-15-24)34(51)43-26(19-40)31(41)48/h21-25,27-28,30,46H,7-20,40H2,1-6H3,(H2,41,48)(H,42,49)(H,44,50)/b43-26-/t22-,23-,25+,27-,28+,30-/m0/s1. The maximum absolute atomic E-state index is 14.2. The number of alkyl halides is 3. The highest BCUT2D eigenvalue weighted by atomic mass is 19.4. The number of carbonyl (C=O) groups excluding carboxylic acids is 6. The number of hydrogen-bond acceptors (Lipinski definition) is 9. The molecule has 0 radical (unpaired) electrons. The Balaban J connectivity index is 3.53. The molecule has 53 heavy (non-hydrogen) atoms. The van der Waals surface area contributed by atoms with Crippen molar-refractivity contribution in [2.24, 2.45) is 40.1 Å². The van der Waals surface area contributed by atoms with Crippen LogP contribution in [0.5, 0.6) is 0 Å². The van der Waals surface area contributed by atoms with E-state index in [1.54, 1.807) is 13.8 Å². The van der Waals surface area contributed by atoms with Crippen molar-refractivity contribution in [1.82, 2.24) is 15.5 Å². The molecule has 1 fully saturated rings. The highest BCUT2D eigenvalue weighted by Gasteiger charge is 2.45. The van der Waals surface area contributed by atoms with Crippen LogP contribution in [0, 0.1) is 23.7 Å². The van der Waals surface area contributed by atoms with Crippen LogP contribution < -0.4 is 22.1 Å². The summed E-state index contributed by atoms with van der Waals surface area (Å²) in [6, 6.07) is -2.56. The van der Waals surface area contributed by atoms with E-state index in [1.807, 2.05) is 6.92 Å². The molecule has 0 aromatic rings. The van der Waals surface area contributed by atoms with Gasteiger partial charge in [-0.25, -0.2) is 4.99 Å². The minimum absolute atomic E-state index is 0.00540. The predicted octanol–water partition coefficient (Wildman–Crippen LogP) is 2.92. The Morgan fingerprint density at radius 3 is 2.11 bits per heavy atom. The van der Waals surface area contributed by atoms with E-state index in [1.165, 1.54) is 20.9 Å². The number of rotatable bonds is 22. The molecule has 0 saturated heterocycles. The number of primary amides is 1. The van der Waals surface area contributed by atoms with Crippen molar-refractivity contribution in [3.8, 4) is 0 Å². The van der Waals surface area contributed by atoms with Gasteiger partial charge in [0.05, 0.1) is 24.4 Å². The molecule has 1 aliphatic carbocycles. The van der Waals surface area contributed by atoms with Crippen LogP contribution in [0.25, 0.3) is 0 Å². The van der Waals surface area contributed by atoms with Crippen LogP contribution in [0.3, 0.4) is 0 Å². The number of aliphatic hydroxyl groups is 1. The molecule has 17 heteroatoms. The molecule has 0 aromatic carbocycles. The van der Waals surface area contributed by atoms with Crippen molar-refractivity contribution in [1.29, 1.82) is 0 Å². The lowest BCUT2D eigenvalue weighted by Crippen LogP contribution is -2.56. The van der Waals surface area contributed by atoms with Gasteiger partial charge in [0.15, 0.2) is 0 Å². The Kier molecular flexibility index (Phi) is 20.8. The summed E-state index contributed by atoms with van der Waals surface area (Å²) in [4.78, 5) is 83.3. The van der Waals surface area contributed by atoms with Gasteiger partial charge in [-0.1, -0.05) is 66.2 Å². The largest absolute Gasteiger partial charge is 0.460 e. The van der Waals surface area contributed by atoms with Crippen molar-refractivity contribution in [3.05, 3.63) is 0 Å². The number of aliphatic imine (C=N–C) groups is 1. The first-order valence-corrected chi connectivity index (χ1v) is 18.6. The molecular weight excluding hydrogens is 701 g/mol. The van der Waals surface area contributed by atoms with Crippen LogP contribution >= 0.6 is 0 Å². The average molecular weight is 763 g/mol. The van der Waals surface area contributed by atoms with Crippen molar-refractivity contribution in [3.63, 3.8) is 0 Å². The van der Waals surface area contributed by atoms with Crippen LogP contribution in [0.2, 0.25) is 0 Å². The second kappa shape index (κ2) is 23.2. The van der Waals surface area contributed by atoms with E-state index in [0.717, 1.165) is 37.0 Å². The van der Waals surface area contributed by atoms with E-state index in [-0.39, 0.29) is 30.4 Å². The first kappa shape index (κ1) is 47.4. The highest BCUT2D eigenvalue weighted by molar-refractivity contribution is 6.40. The summed E-state index contributed by atoms with van der Waals surface area (Å²) in [6.07, 6.45) is -3.16. The number of ether oxygens (including phenoxy) is 1. The topological polar surface area (TPSA) is 224 Å². The van der Waals surface area contributed by atoms with E-state index in [0.29, 0.717) is 25.7 Å². The summed E-state index contributed by atoms with van der Waals surface area (Å²) >= 11 is 0. The molecule has 0 spiro atoms. The number of halogens is 3. The third kappa shape index (κ3) is 17.0. The lowest BCUT2D eigenvalue weighted by molar-refractivity contribution is -0.177. The maximum atomic E-state index is 14.2. The number of esters is 1. The molecule has 0 heterocycles. The highest BCUT2D eigenvalue weighted by Crippen LogP contribution is 2.33. The number of unbranched alkanes of at least 4 members (excludes halogenated alkanes) is 3. The van der Waals surface area contributed by atoms with Gasteiger partial charge in [0.2, 0.25) is 17.7 Å². The molecule has 0 bridgehead atoms. The summed E-state index contributed by atoms with van der Waals surface area (Å²) in [5, 5.41) is 14.7. The molecule has 5 amide bonds. The molecule has 0 unspecified atom stereocenters. The van der Waals surface area contributed by atoms with Crippen molar-refractivity contribution < 1.29 is 51.8 Å². The Morgan fingerprint density at radius 2 is 1.60 bits per heavy atom. The maximum Gasteiger partial charge on any atom is 0.390 e. The number of nitrogens with two attached hydrogens (primary N) is 2. The number of hydrogen-bond donors (Lipinski definition) is 5. The number of nitrogens with one attached hydrogen (secondary N) is 2. The molecule has 0 aliphatic heterocycles. The molecule has 7 N–H and O–H groups in total. The van der Waals surface area contributed by atoms with Crippen molar-refractivity contribution >= 4 is 41.2 Å². The second-order valence-corrected chi connectivity index (χ2v) is 14.5. The zero-order valence-corrected chi connectivity index (χ0v) is 32.0. The van der Waals surface area contributed by atoms with Gasteiger partial charge >= 0.3 is 12.1 Å². The minimum Gasteiger partial charge on any atom is -0.460 e. The Bertz CT molecular complexity index is 1260. The van der Waals surface area contributed by atoms with Crippen LogP contribution in [-0.4, -0.2) is 102 Å². The number of carbonyl (C=O) groups is 6. The summed E-state index contributed by atoms with van der Waals surface area (Å²) in [6.45, 7) is 7.14. The molecule has 1 saturated carbocycles. The van der Waals surface area contributed by atoms with Crippen molar-refractivity contribution in [2.75, 3.05) is 20.1 Å². The van der Waals surface area contributed by atoms with Gasteiger partial charge in [-0.2, -0.15) is 13.2 Å². The van der Waals surface area contributed by atoms with Gasteiger partial charge in [-0.05, 0) is 50.9 Å². The van der Waals surface area contributed by atoms with Crippen LogP contribution in [0.4, 0.5) is 13.2 Å². The molecule has 1 aliphatic rings. The Morgan fingerprint density at radius 1 is 0.981 bits per heavy atom. The Hall–Kier alpha value is -3.60. The van der Waals surface area contributed by atoms with Crippen LogP contribution in [0.15, 0.2) is 4.99 Å². The van der Waals surface area contributed by atoms with Gasteiger partial charge in [-0.3, -0.25) is 28.8 Å². The molecule has 0 aromatic heterocycles. The van der Waals surface area contributed by atoms with Gasteiger partial charge in [-0.15, -0.1) is 0 Å². The molecule has 6 atom stereocenters. The third-order valence-electron chi connectivity index (χ3n) is 9.61. The first-order chi connectivity index (χ1) is 24.7. The fourth-order valence-corrected chi connectivity index (χ4v) is 6.30. The average Bonchev–Trinajstić information content (AvgIpc) is 3.09. The first-order valence-electron chi connectivity index (χ1n) is 18.6. The predicted molar refractivity (Wildman–Crippen MR) is 192 cm³/mol. The van der Waals surface area contributed by atoms with E-state index in [2.05, 4.69) is 15.6 Å². The van der Waals surface area contributed by atoms with Gasteiger partial charge in [0, 0.05) is 13.6 Å². The lowest BCUT2D eigenvalue weighted by Gasteiger charge is -2.36. The molecule has 304 valence electrons. The van der Waals surface area contributed by atoms with Gasteiger partial charge in [0.25, 0.3) is 11.8 Å². The molecule has 14 nitrogen and oxygen atoms in total. The van der Waals surface area contributed by atoms with Gasteiger partial charge < -0.3 is 36.8 Å². The molecule has 1 rings (SSSR count). The van der Waals surface area contributed by atoms with Crippen molar-refractivity contribution in [2.45, 2.75) is 142 Å². The second-order valence-electron chi connectivity index (χ2n) is 14.5. The Labute approximate surface area is 310 Å². The summed E-state index contributed by atoms with van der Waals surface area (Å²) in [5.41, 5.74) is 10.5. The smallest absolute Gasteiger partial charge is 0.390 e. The van der Waals surface area contributed by atoms with Crippen LogP contribution in [-0.2, 0) is 33.5 Å². The normalized spacial score (nSPS) is 17.5. The third-order valence-corrected chi connectivity index (χ3v) is 9.61. The SMILES string of the molecule is CCCCCC[C@@H](OC(=O)CNC(=O)[C@@H](C)[C@H](C)O)[C@@H](CC(F)(F)F)C(=O)N(C)[C@@H](CC(C)C)C(=O)N[C@H](C(=O)/N=C(/CN)C(N)=O)C1CCCCC1. The minimum atomic E-state index is -4.87. The fourth-order valence-electron chi connectivity index (χ4n) is 6.30. The van der Waals surface area contributed by atoms with E-state index >= 15 is 0 Å². The zero-order valence-electron chi connectivity index (χ0n) is 32.0. The summed E-state index contributed by atoms with van der Waals surface area (Å²) in [5.74, 6) is -8.94. The summed E-state index contributed by atoms with van der Waals surface area (Å²) < 4.78 is 47.9. The lowest BCUT2D eigenvalue weighted by atomic mass is 9.83.